The van der Waals surface area contributed by atoms with Crippen LogP contribution in [0.2, 0.25) is 0 Å². The van der Waals surface area contributed by atoms with E-state index in [2.05, 4.69) is 26.1 Å². The summed E-state index contributed by atoms with van der Waals surface area (Å²) in [5.74, 6) is 1.15. The van der Waals surface area contributed by atoms with Crippen molar-refractivity contribution in [3.63, 3.8) is 0 Å². The first kappa shape index (κ1) is 11.0. The standard InChI is InChI=1S/C6H12.C4H11N/c1-2-3-6-4-5-6;1-3-5-4-2/h6H,2-5H2,1H3;5H,3-4H2,1-2H3. The van der Waals surface area contributed by atoms with Crippen molar-refractivity contribution in [3.05, 3.63) is 0 Å². The second-order valence-corrected chi connectivity index (χ2v) is 3.19. The highest BCUT2D eigenvalue weighted by molar-refractivity contribution is 4.71. The van der Waals surface area contributed by atoms with Gasteiger partial charge >= 0.3 is 0 Å². The molecule has 0 atom stereocenters. The molecule has 1 saturated carbocycles. The maximum Gasteiger partial charge on any atom is -0.00775 e. The van der Waals surface area contributed by atoms with Crippen LogP contribution >= 0.6 is 0 Å². The van der Waals surface area contributed by atoms with E-state index in [4.69, 9.17) is 0 Å². The van der Waals surface area contributed by atoms with Crippen LogP contribution in [0.4, 0.5) is 0 Å². The van der Waals surface area contributed by atoms with Gasteiger partial charge in [0, 0.05) is 0 Å². The van der Waals surface area contributed by atoms with Crippen molar-refractivity contribution < 1.29 is 0 Å². The van der Waals surface area contributed by atoms with Gasteiger partial charge in [-0.2, -0.15) is 0 Å². The highest BCUT2D eigenvalue weighted by Crippen LogP contribution is 2.32. The molecule has 68 valence electrons. The zero-order valence-corrected chi connectivity index (χ0v) is 8.32. The summed E-state index contributed by atoms with van der Waals surface area (Å²) in [4.78, 5) is 0. The Kier molecular flexibility index (Phi) is 8.03. The minimum atomic E-state index is 1.09. The minimum absolute atomic E-state index is 1.09. The van der Waals surface area contributed by atoms with Crippen molar-refractivity contribution in [1.29, 1.82) is 0 Å². The maximum atomic E-state index is 3.11. The van der Waals surface area contributed by atoms with Crippen molar-refractivity contribution in [3.8, 4) is 0 Å². The topological polar surface area (TPSA) is 12.0 Å². The first-order valence-electron chi connectivity index (χ1n) is 5.05. The van der Waals surface area contributed by atoms with Gasteiger partial charge in [0.1, 0.15) is 0 Å². The van der Waals surface area contributed by atoms with Crippen molar-refractivity contribution >= 4 is 0 Å². The van der Waals surface area contributed by atoms with Crippen LogP contribution < -0.4 is 5.32 Å². The van der Waals surface area contributed by atoms with Gasteiger partial charge in [0.05, 0.1) is 0 Å². The lowest BCUT2D eigenvalue weighted by atomic mass is 10.2. The van der Waals surface area contributed by atoms with Gasteiger partial charge in [0.2, 0.25) is 0 Å². The van der Waals surface area contributed by atoms with Crippen molar-refractivity contribution in [2.75, 3.05) is 13.1 Å². The monoisotopic (exact) mass is 157 g/mol. The predicted molar refractivity (Wildman–Crippen MR) is 51.8 cm³/mol. The molecule has 1 N–H and O–H groups in total. The predicted octanol–water partition coefficient (Wildman–Crippen LogP) is 2.81. The summed E-state index contributed by atoms with van der Waals surface area (Å²) in [6.45, 7) is 8.65. The largest absolute Gasteiger partial charge is 0.317 e. The maximum absolute atomic E-state index is 3.11. The van der Waals surface area contributed by atoms with E-state index in [-0.39, 0.29) is 0 Å². The first-order valence-corrected chi connectivity index (χ1v) is 5.05. The van der Waals surface area contributed by atoms with Gasteiger partial charge < -0.3 is 5.32 Å². The van der Waals surface area contributed by atoms with E-state index >= 15 is 0 Å². The molecule has 0 aromatic rings. The Balaban J connectivity index is 0.000000187. The van der Waals surface area contributed by atoms with Crippen LogP contribution in [0.5, 0.6) is 0 Å². The van der Waals surface area contributed by atoms with Gasteiger partial charge in [-0.3, -0.25) is 0 Å². The van der Waals surface area contributed by atoms with E-state index in [0.29, 0.717) is 0 Å². The summed E-state index contributed by atoms with van der Waals surface area (Å²) in [7, 11) is 0. The molecule has 0 saturated heterocycles. The Morgan fingerprint density at radius 1 is 1.09 bits per heavy atom. The lowest BCUT2D eigenvalue weighted by Gasteiger charge is -1.86. The summed E-state index contributed by atoms with van der Waals surface area (Å²) in [6.07, 6.45) is 5.92. The number of nitrogens with one attached hydrogen (secondary N) is 1. The van der Waals surface area contributed by atoms with Gasteiger partial charge in [-0.25, -0.2) is 0 Å². The second kappa shape index (κ2) is 8.06. The Bertz CT molecular complexity index is 65.3. The van der Waals surface area contributed by atoms with Gasteiger partial charge in [0.15, 0.2) is 0 Å². The second-order valence-electron chi connectivity index (χ2n) is 3.19. The van der Waals surface area contributed by atoms with Crippen LogP contribution in [0.15, 0.2) is 0 Å². The Morgan fingerprint density at radius 3 is 1.73 bits per heavy atom. The molecule has 0 unspecified atom stereocenters. The van der Waals surface area contributed by atoms with Gasteiger partial charge in [-0.1, -0.05) is 46.5 Å². The zero-order chi connectivity index (χ0) is 8.53. The summed E-state index contributed by atoms with van der Waals surface area (Å²) in [5.41, 5.74) is 0. The van der Waals surface area contributed by atoms with Gasteiger partial charge in [-0.15, -0.1) is 0 Å². The van der Waals surface area contributed by atoms with E-state index in [0.717, 1.165) is 19.0 Å². The molecule has 1 aliphatic rings. The molecule has 0 spiro atoms. The molecular formula is C10H23N. The molecule has 1 heteroatoms. The number of hydrogen-bond donors (Lipinski definition) is 1. The lowest BCUT2D eigenvalue weighted by Crippen LogP contribution is -2.09. The van der Waals surface area contributed by atoms with Gasteiger partial charge in [-0.05, 0) is 19.0 Å². The zero-order valence-electron chi connectivity index (χ0n) is 8.32. The lowest BCUT2D eigenvalue weighted by molar-refractivity contribution is 0.708. The fourth-order valence-electron chi connectivity index (χ4n) is 1.06. The molecule has 0 amide bonds. The van der Waals surface area contributed by atoms with Crippen LogP contribution in [0, 0.1) is 5.92 Å². The van der Waals surface area contributed by atoms with Crippen LogP contribution in [0.1, 0.15) is 46.5 Å². The van der Waals surface area contributed by atoms with Crippen molar-refractivity contribution in [2.24, 2.45) is 5.92 Å². The highest BCUT2D eigenvalue weighted by atomic mass is 14.8. The first-order chi connectivity index (χ1) is 5.35. The molecule has 11 heavy (non-hydrogen) atoms. The SMILES string of the molecule is CCCC1CC1.CCNCC. The summed E-state index contributed by atoms with van der Waals surface area (Å²) in [6, 6.07) is 0. The fourth-order valence-corrected chi connectivity index (χ4v) is 1.06. The number of hydrogen-bond acceptors (Lipinski definition) is 1. The highest BCUT2D eigenvalue weighted by Gasteiger charge is 2.18. The van der Waals surface area contributed by atoms with Crippen LogP contribution in [0.25, 0.3) is 0 Å². The average molecular weight is 157 g/mol. The molecule has 0 bridgehead atoms. The summed E-state index contributed by atoms with van der Waals surface area (Å²) >= 11 is 0. The third kappa shape index (κ3) is 9.96. The smallest absolute Gasteiger partial charge is 0.00775 e. The van der Waals surface area contributed by atoms with Crippen molar-refractivity contribution in [1.82, 2.24) is 5.32 Å². The summed E-state index contributed by atoms with van der Waals surface area (Å²) < 4.78 is 0. The Labute approximate surface area is 71.6 Å². The van der Waals surface area contributed by atoms with Crippen LogP contribution in [0.3, 0.4) is 0 Å². The summed E-state index contributed by atoms with van der Waals surface area (Å²) in [5, 5.41) is 3.11. The molecule has 0 radical (unpaired) electrons. The Hall–Kier alpha value is -0.0400. The normalized spacial score (nSPS) is 15.5. The fraction of sp³-hybridized carbons (Fsp3) is 1.00. The quantitative estimate of drug-likeness (QED) is 0.661. The third-order valence-electron chi connectivity index (χ3n) is 1.89. The molecule has 0 aromatic heterocycles. The van der Waals surface area contributed by atoms with Gasteiger partial charge in [0.25, 0.3) is 0 Å². The van der Waals surface area contributed by atoms with Crippen LogP contribution in [-0.4, -0.2) is 13.1 Å². The third-order valence-corrected chi connectivity index (χ3v) is 1.89. The molecule has 1 rings (SSSR count). The van der Waals surface area contributed by atoms with E-state index in [1.807, 2.05) is 0 Å². The van der Waals surface area contributed by atoms with Crippen LogP contribution in [-0.2, 0) is 0 Å². The molecule has 0 heterocycles. The molecule has 1 aliphatic carbocycles. The van der Waals surface area contributed by atoms with Crippen molar-refractivity contribution in [2.45, 2.75) is 46.5 Å². The van der Waals surface area contributed by atoms with E-state index in [9.17, 15) is 0 Å². The number of rotatable bonds is 4. The Morgan fingerprint density at radius 2 is 1.64 bits per heavy atom. The van der Waals surface area contributed by atoms with E-state index < -0.39 is 0 Å². The molecule has 0 aliphatic heterocycles. The molecule has 1 nitrogen and oxygen atoms in total. The van der Waals surface area contributed by atoms with E-state index in [1.54, 1.807) is 0 Å². The molecular weight excluding hydrogens is 134 g/mol. The average Bonchev–Trinajstić information content (AvgIpc) is 2.76. The minimum Gasteiger partial charge on any atom is -0.317 e. The van der Waals surface area contributed by atoms with E-state index in [1.165, 1.54) is 25.7 Å². The molecule has 0 aromatic carbocycles. The molecule has 1 fully saturated rings.